The van der Waals surface area contributed by atoms with Crippen molar-refractivity contribution in [1.82, 2.24) is 5.32 Å². The lowest BCUT2D eigenvalue weighted by Gasteiger charge is -2.20. The second-order valence-corrected chi connectivity index (χ2v) is 5.33. The molecule has 1 aromatic carbocycles. The molecule has 20 heavy (non-hydrogen) atoms. The van der Waals surface area contributed by atoms with Crippen molar-refractivity contribution in [2.75, 3.05) is 0 Å². The van der Waals surface area contributed by atoms with Crippen LogP contribution in [0, 0.1) is 5.92 Å². The third kappa shape index (κ3) is 3.02. The van der Waals surface area contributed by atoms with Gasteiger partial charge in [0.15, 0.2) is 0 Å². The number of carbonyl (C=O) groups excluding carboxylic acids is 1. The van der Waals surface area contributed by atoms with Gasteiger partial charge in [-0.1, -0.05) is 38.5 Å². The normalized spacial score (nSPS) is 15.8. The summed E-state index contributed by atoms with van der Waals surface area (Å²) in [6.45, 7) is 5.91. The smallest absolute Gasteiger partial charge is 0.237 e. The first-order chi connectivity index (χ1) is 9.52. The van der Waals surface area contributed by atoms with Crippen LogP contribution in [0.5, 0.6) is 0 Å². The van der Waals surface area contributed by atoms with Crippen molar-refractivity contribution in [3.63, 3.8) is 0 Å². The van der Waals surface area contributed by atoms with Crippen LogP contribution in [-0.4, -0.2) is 11.9 Å². The average Bonchev–Trinajstić information content (AvgIpc) is 2.89. The maximum Gasteiger partial charge on any atom is 0.237 e. The minimum absolute atomic E-state index is 0.132. The second-order valence-electron chi connectivity index (χ2n) is 5.33. The second kappa shape index (κ2) is 6.09. The van der Waals surface area contributed by atoms with E-state index < -0.39 is 6.04 Å². The van der Waals surface area contributed by atoms with E-state index in [1.807, 2.05) is 51.1 Å². The highest BCUT2D eigenvalue weighted by atomic mass is 16.3. The molecule has 2 aromatic rings. The van der Waals surface area contributed by atoms with Crippen LogP contribution in [0.1, 0.15) is 39.0 Å². The lowest BCUT2D eigenvalue weighted by atomic mass is 9.99. The predicted octanol–water partition coefficient (Wildman–Crippen LogP) is 2.98. The van der Waals surface area contributed by atoms with Crippen LogP contribution in [-0.2, 0) is 4.79 Å². The van der Waals surface area contributed by atoms with Crippen LogP contribution in [0.4, 0.5) is 0 Å². The summed E-state index contributed by atoms with van der Waals surface area (Å²) in [6, 6.07) is 9.08. The van der Waals surface area contributed by atoms with Gasteiger partial charge in [-0.15, -0.1) is 0 Å². The fraction of sp³-hybridized carbons (Fsp3) is 0.438. The number of carbonyl (C=O) groups is 1. The van der Waals surface area contributed by atoms with Crippen LogP contribution >= 0.6 is 0 Å². The van der Waals surface area contributed by atoms with Gasteiger partial charge in [0.1, 0.15) is 11.3 Å². The first kappa shape index (κ1) is 14.6. The van der Waals surface area contributed by atoms with Crippen LogP contribution in [0.3, 0.4) is 0 Å². The Hall–Kier alpha value is -1.81. The summed E-state index contributed by atoms with van der Waals surface area (Å²) >= 11 is 0. The summed E-state index contributed by atoms with van der Waals surface area (Å²) in [5.41, 5.74) is 6.76. The summed E-state index contributed by atoms with van der Waals surface area (Å²) in [6.07, 6.45) is 0.883. The number of amides is 1. The highest BCUT2D eigenvalue weighted by Gasteiger charge is 2.22. The summed E-state index contributed by atoms with van der Waals surface area (Å²) in [4.78, 5) is 12.1. The molecule has 0 saturated heterocycles. The first-order valence-corrected chi connectivity index (χ1v) is 7.07. The van der Waals surface area contributed by atoms with E-state index in [-0.39, 0.29) is 17.9 Å². The molecular formula is C16H22N2O2. The van der Waals surface area contributed by atoms with Gasteiger partial charge in [0.25, 0.3) is 0 Å². The van der Waals surface area contributed by atoms with Gasteiger partial charge in [-0.2, -0.15) is 0 Å². The third-order valence-corrected chi connectivity index (χ3v) is 3.79. The maximum absolute atomic E-state index is 12.1. The molecule has 0 spiro atoms. The minimum Gasteiger partial charge on any atom is -0.459 e. The fourth-order valence-electron chi connectivity index (χ4n) is 2.11. The molecule has 0 fully saturated rings. The standard InChI is InChI=1S/C16H22N2O2/c1-4-10(2)15(17)16(19)18-11(3)14-9-12-7-5-6-8-13(12)20-14/h5-11,15H,4,17H2,1-3H3,(H,18,19). The summed E-state index contributed by atoms with van der Waals surface area (Å²) in [5, 5.41) is 3.95. The Morgan fingerprint density at radius 2 is 2.05 bits per heavy atom. The Labute approximate surface area is 119 Å². The van der Waals surface area contributed by atoms with E-state index >= 15 is 0 Å². The number of hydrogen-bond donors (Lipinski definition) is 2. The molecule has 3 N–H and O–H groups in total. The van der Waals surface area contributed by atoms with E-state index in [1.165, 1.54) is 0 Å². The molecule has 1 aromatic heterocycles. The van der Waals surface area contributed by atoms with E-state index in [9.17, 15) is 4.79 Å². The fourth-order valence-corrected chi connectivity index (χ4v) is 2.11. The van der Waals surface area contributed by atoms with E-state index in [1.54, 1.807) is 0 Å². The topological polar surface area (TPSA) is 68.3 Å². The van der Waals surface area contributed by atoms with Crippen LogP contribution < -0.4 is 11.1 Å². The molecule has 1 amide bonds. The molecule has 0 aliphatic carbocycles. The molecule has 3 atom stereocenters. The number of fused-ring (bicyclic) bond motifs is 1. The van der Waals surface area contributed by atoms with Gasteiger partial charge in [0, 0.05) is 5.39 Å². The van der Waals surface area contributed by atoms with Gasteiger partial charge in [-0.05, 0) is 25.0 Å². The van der Waals surface area contributed by atoms with Crippen molar-refractivity contribution in [3.05, 3.63) is 36.1 Å². The Balaban J connectivity index is 2.07. The Morgan fingerprint density at radius 3 is 2.70 bits per heavy atom. The Bertz CT molecular complexity index is 558. The lowest BCUT2D eigenvalue weighted by Crippen LogP contribution is -2.45. The minimum atomic E-state index is -0.480. The van der Waals surface area contributed by atoms with Gasteiger partial charge >= 0.3 is 0 Å². The monoisotopic (exact) mass is 274 g/mol. The van der Waals surface area contributed by atoms with Crippen LogP contribution in [0.25, 0.3) is 11.0 Å². The lowest BCUT2D eigenvalue weighted by molar-refractivity contribution is -0.124. The Kier molecular flexibility index (Phi) is 4.45. The number of benzene rings is 1. The molecular weight excluding hydrogens is 252 g/mol. The van der Waals surface area contributed by atoms with Gasteiger partial charge in [0.2, 0.25) is 5.91 Å². The predicted molar refractivity (Wildman–Crippen MR) is 80.2 cm³/mol. The zero-order valence-corrected chi connectivity index (χ0v) is 12.2. The van der Waals surface area contributed by atoms with Gasteiger partial charge < -0.3 is 15.5 Å². The molecule has 0 aliphatic rings. The van der Waals surface area contributed by atoms with E-state index in [0.29, 0.717) is 0 Å². The van der Waals surface area contributed by atoms with Crippen molar-refractivity contribution in [2.45, 2.75) is 39.3 Å². The SMILES string of the molecule is CCC(C)C(N)C(=O)NC(C)c1cc2ccccc2o1. The highest BCUT2D eigenvalue weighted by Crippen LogP contribution is 2.23. The number of nitrogens with one attached hydrogen (secondary N) is 1. The van der Waals surface area contributed by atoms with E-state index in [2.05, 4.69) is 5.32 Å². The molecule has 4 heteroatoms. The maximum atomic E-state index is 12.1. The molecule has 0 saturated carbocycles. The summed E-state index contributed by atoms with van der Waals surface area (Å²) in [5.74, 6) is 0.779. The third-order valence-electron chi connectivity index (χ3n) is 3.79. The van der Waals surface area contributed by atoms with E-state index in [4.69, 9.17) is 10.2 Å². The number of para-hydroxylation sites is 1. The highest BCUT2D eigenvalue weighted by molar-refractivity contribution is 5.82. The zero-order valence-electron chi connectivity index (χ0n) is 12.2. The quantitative estimate of drug-likeness (QED) is 0.880. The number of rotatable bonds is 5. The van der Waals surface area contributed by atoms with Crippen molar-refractivity contribution in [2.24, 2.45) is 11.7 Å². The summed E-state index contributed by atoms with van der Waals surface area (Å²) < 4.78 is 5.74. The number of furan rings is 1. The molecule has 2 rings (SSSR count). The van der Waals surface area contributed by atoms with Crippen LogP contribution in [0.15, 0.2) is 34.7 Å². The van der Waals surface area contributed by atoms with Crippen molar-refractivity contribution in [1.29, 1.82) is 0 Å². The van der Waals surface area contributed by atoms with Gasteiger partial charge in [-0.3, -0.25) is 4.79 Å². The molecule has 108 valence electrons. The van der Waals surface area contributed by atoms with Crippen molar-refractivity contribution < 1.29 is 9.21 Å². The zero-order chi connectivity index (χ0) is 14.7. The number of hydrogen-bond acceptors (Lipinski definition) is 3. The first-order valence-electron chi connectivity index (χ1n) is 7.07. The Morgan fingerprint density at radius 1 is 1.35 bits per heavy atom. The average molecular weight is 274 g/mol. The largest absolute Gasteiger partial charge is 0.459 e. The molecule has 0 aliphatic heterocycles. The molecule has 0 radical (unpaired) electrons. The van der Waals surface area contributed by atoms with Crippen molar-refractivity contribution in [3.8, 4) is 0 Å². The van der Waals surface area contributed by atoms with Gasteiger partial charge in [-0.25, -0.2) is 0 Å². The van der Waals surface area contributed by atoms with E-state index in [0.717, 1.165) is 23.2 Å². The number of nitrogens with two attached hydrogens (primary N) is 1. The van der Waals surface area contributed by atoms with Gasteiger partial charge in [0.05, 0.1) is 12.1 Å². The summed E-state index contributed by atoms with van der Waals surface area (Å²) in [7, 11) is 0. The molecule has 3 unspecified atom stereocenters. The molecule has 4 nitrogen and oxygen atoms in total. The van der Waals surface area contributed by atoms with Crippen molar-refractivity contribution >= 4 is 16.9 Å². The van der Waals surface area contributed by atoms with Crippen LogP contribution in [0.2, 0.25) is 0 Å². The molecule has 0 bridgehead atoms. The molecule has 1 heterocycles.